The van der Waals surface area contributed by atoms with Gasteiger partial charge in [0.1, 0.15) is 11.4 Å². The first-order valence-corrected chi connectivity index (χ1v) is 5.64. The van der Waals surface area contributed by atoms with Crippen LogP contribution in [0.15, 0.2) is 4.52 Å². The Hall–Kier alpha value is -1.56. The molecule has 2 heterocycles. The average Bonchev–Trinajstić information content (AvgIpc) is 2.59. The molecule has 0 bridgehead atoms. The second kappa shape index (κ2) is 4.37. The van der Waals surface area contributed by atoms with E-state index in [1.807, 2.05) is 20.8 Å². The van der Waals surface area contributed by atoms with Crippen LogP contribution in [-0.2, 0) is 17.7 Å². The van der Waals surface area contributed by atoms with Crippen LogP contribution in [0.5, 0.6) is 0 Å². The zero-order chi connectivity index (χ0) is 12.5. The molecule has 1 aromatic heterocycles. The standard InChI is InChI=1S/C11H17N3O3/c1-11(2,3)16-10(15)13-9-7-6-12-5-4-8(7)17-14-9/h12H,4-6H2,1-3H3,(H,13,14,15). The van der Waals surface area contributed by atoms with Crippen LogP contribution in [-0.4, -0.2) is 23.4 Å². The summed E-state index contributed by atoms with van der Waals surface area (Å²) in [5.74, 6) is 1.27. The molecule has 6 nitrogen and oxygen atoms in total. The summed E-state index contributed by atoms with van der Waals surface area (Å²) in [7, 11) is 0. The minimum Gasteiger partial charge on any atom is -0.444 e. The lowest BCUT2D eigenvalue weighted by molar-refractivity contribution is 0.0634. The van der Waals surface area contributed by atoms with E-state index in [0.29, 0.717) is 12.4 Å². The van der Waals surface area contributed by atoms with Crippen LogP contribution in [0.3, 0.4) is 0 Å². The van der Waals surface area contributed by atoms with Gasteiger partial charge >= 0.3 is 6.09 Å². The molecule has 94 valence electrons. The Kier molecular flexibility index (Phi) is 3.06. The number of amides is 1. The number of carbonyl (C=O) groups is 1. The van der Waals surface area contributed by atoms with Gasteiger partial charge in [0.2, 0.25) is 0 Å². The quantitative estimate of drug-likeness (QED) is 0.779. The molecular formula is C11H17N3O3. The molecule has 1 aliphatic rings. The molecule has 6 heteroatoms. The number of carbonyl (C=O) groups excluding carboxylic acids is 1. The summed E-state index contributed by atoms with van der Waals surface area (Å²) in [4.78, 5) is 11.6. The molecule has 0 aliphatic carbocycles. The van der Waals surface area contributed by atoms with E-state index in [0.717, 1.165) is 24.3 Å². The molecule has 1 aromatic rings. The molecule has 0 saturated carbocycles. The van der Waals surface area contributed by atoms with E-state index in [1.54, 1.807) is 0 Å². The van der Waals surface area contributed by atoms with Gasteiger partial charge in [-0.05, 0) is 20.8 Å². The summed E-state index contributed by atoms with van der Waals surface area (Å²) < 4.78 is 10.3. The molecule has 0 fully saturated rings. The van der Waals surface area contributed by atoms with Crippen molar-refractivity contribution in [1.29, 1.82) is 0 Å². The summed E-state index contributed by atoms with van der Waals surface area (Å²) in [6, 6.07) is 0. The monoisotopic (exact) mass is 239 g/mol. The number of hydrogen-bond acceptors (Lipinski definition) is 5. The smallest absolute Gasteiger partial charge is 0.413 e. The highest BCUT2D eigenvalue weighted by Gasteiger charge is 2.22. The fraction of sp³-hybridized carbons (Fsp3) is 0.636. The van der Waals surface area contributed by atoms with Gasteiger partial charge in [0, 0.05) is 19.5 Å². The van der Waals surface area contributed by atoms with Gasteiger partial charge in [-0.2, -0.15) is 0 Å². The van der Waals surface area contributed by atoms with Gasteiger partial charge in [0.05, 0.1) is 5.56 Å². The van der Waals surface area contributed by atoms with Crippen molar-refractivity contribution in [2.24, 2.45) is 0 Å². The molecule has 0 atom stereocenters. The van der Waals surface area contributed by atoms with Crippen LogP contribution >= 0.6 is 0 Å². The van der Waals surface area contributed by atoms with Crippen LogP contribution in [0.4, 0.5) is 10.6 Å². The molecule has 0 saturated heterocycles. The van der Waals surface area contributed by atoms with Crippen LogP contribution in [0.25, 0.3) is 0 Å². The van der Waals surface area contributed by atoms with Crippen LogP contribution in [0, 0.1) is 0 Å². The SMILES string of the molecule is CC(C)(C)OC(=O)Nc1noc2c1CNCC2. The van der Waals surface area contributed by atoms with E-state index < -0.39 is 11.7 Å². The first kappa shape index (κ1) is 11.9. The topological polar surface area (TPSA) is 76.4 Å². The van der Waals surface area contributed by atoms with Gasteiger partial charge in [-0.25, -0.2) is 4.79 Å². The lowest BCUT2D eigenvalue weighted by Gasteiger charge is -2.19. The third-order valence-electron chi connectivity index (χ3n) is 2.32. The number of nitrogens with one attached hydrogen (secondary N) is 2. The fourth-order valence-electron chi connectivity index (χ4n) is 1.64. The third-order valence-corrected chi connectivity index (χ3v) is 2.32. The number of nitrogens with zero attached hydrogens (tertiary/aromatic N) is 1. The largest absolute Gasteiger partial charge is 0.444 e. The Morgan fingerprint density at radius 3 is 3.00 bits per heavy atom. The molecule has 0 aromatic carbocycles. The van der Waals surface area contributed by atoms with Crippen molar-refractivity contribution in [3.05, 3.63) is 11.3 Å². The van der Waals surface area contributed by atoms with Gasteiger partial charge in [-0.1, -0.05) is 5.16 Å². The average molecular weight is 239 g/mol. The summed E-state index contributed by atoms with van der Waals surface area (Å²) in [5.41, 5.74) is 0.383. The summed E-state index contributed by atoms with van der Waals surface area (Å²) in [5, 5.41) is 9.64. The highest BCUT2D eigenvalue weighted by molar-refractivity contribution is 5.84. The molecule has 0 radical (unpaired) electrons. The van der Waals surface area contributed by atoms with Crippen LogP contribution in [0.1, 0.15) is 32.1 Å². The van der Waals surface area contributed by atoms with Gasteiger partial charge in [0.15, 0.2) is 5.82 Å². The number of ether oxygens (including phenoxy) is 1. The first-order valence-electron chi connectivity index (χ1n) is 5.64. The molecule has 1 aliphatic heterocycles. The van der Waals surface area contributed by atoms with Gasteiger partial charge in [-0.15, -0.1) is 0 Å². The Bertz CT molecular complexity index is 420. The van der Waals surface area contributed by atoms with Gasteiger partial charge in [-0.3, -0.25) is 5.32 Å². The Morgan fingerprint density at radius 2 is 2.29 bits per heavy atom. The van der Waals surface area contributed by atoms with Crippen LogP contribution < -0.4 is 10.6 Å². The first-order chi connectivity index (χ1) is 7.96. The molecule has 2 N–H and O–H groups in total. The van der Waals surface area contributed by atoms with E-state index in [9.17, 15) is 4.79 Å². The number of anilines is 1. The van der Waals surface area contributed by atoms with E-state index >= 15 is 0 Å². The van der Waals surface area contributed by atoms with E-state index in [4.69, 9.17) is 9.26 Å². The zero-order valence-corrected chi connectivity index (χ0v) is 10.3. The van der Waals surface area contributed by atoms with E-state index in [2.05, 4.69) is 15.8 Å². The minimum absolute atomic E-state index is 0.446. The summed E-state index contributed by atoms with van der Waals surface area (Å²) >= 11 is 0. The molecule has 0 unspecified atom stereocenters. The summed E-state index contributed by atoms with van der Waals surface area (Å²) in [6.07, 6.45) is 0.275. The second-order valence-corrected chi connectivity index (χ2v) is 4.99. The Labute approximate surface area is 99.7 Å². The van der Waals surface area contributed by atoms with Crippen molar-refractivity contribution in [3.8, 4) is 0 Å². The van der Waals surface area contributed by atoms with Crippen molar-refractivity contribution >= 4 is 11.9 Å². The fourth-order valence-corrected chi connectivity index (χ4v) is 1.64. The molecule has 17 heavy (non-hydrogen) atoms. The van der Waals surface area contributed by atoms with E-state index in [-0.39, 0.29) is 0 Å². The third kappa shape index (κ3) is 2.97. The number of hydrogen-bond donors (Lipinski definition) is 2. The highest BCUT2D eigenvalue weighted by atomic mass is 16.6. The maximum absolute atomic E-state index is 11.6. The number of fused-ring (bicyclic) bond motifs is 1. The van der Waals surface area contributed by atoms with Crippen molar-refractivity contribution < 1.29 is 14.1 Å². The number of rotatable bonds is 1. The van der Waals surface area contributed by atoms with Gasteiger partial charge in [0.25, 0.3) is 0 Å². The normalized spacial score (nSPS) is 15.2. The highest BCUT2D eigenvalue weighted by Crippen LogP contribution is 2.22. The lowest BCUT2D eigenvalue weighted by Crippen LogP contribution is -2.28. The van der Waals surface area contributed by atoms with Crippen molar-refractivity contribution in [3.63, 3.8) is 0 Å². The molecular weight excluding hydrogens is 222 g/mol. The predicted octanol–water partition coefficient (Wildman–Crippen LogP) is 1.67. The van der Waals surface area contributed by atoms with Crippen molar-refractivity contribution in [1.82, 2.24) is 10.5 Å². The van der Waals surface area contributed by atoms with E-state index in [1.165, 1.54) is 0 Å². The molecule has 2 rings (SSSR count). The van der Waals surface area contributed by atoms with Crippen molar-refractivity contribution in [2.45, 2.75) is 39.3 Å². The lowest BCUT2D eigenvalue weighted by atomic mass is 10.1. The number of aromatic nitrogens is 1. The summed E-state index contributed by atoms with van der Waals surface area (Å²) in [6.45, 7) is 6.96. The predicted molar refractivity (Wildman–Crippen MR) is 61.8 cm³/mol. The maximum atomic E-state index is 11.6. The Balaban J connectivity index is 2.04. The zero-order valence-electron chi connectivity index (χ0n) is 10.3. The van der Waals surface area contributed by atoms with Gasteiger partial charge < -0.3 is 14.6 Å². The second-order valence-electron chi connectivity index (χ2n) is 4.99. The maximum Gasteiger partial charge on any atom is 0.413 e. The minimum atomic E-state index is -0.522. The van der Waals surface area contributed by atoms with Crippen LogP contribution in [0.2, 0.25) is 0 Å². The molecule has 1 amide bonds. The van der Waals surface area contributed by atoms with Crippen molar-refractivity contribution in [2.75, 3.05) is 11.9 Å². The molecule has 0 spiro atoms. The Morgan fingerprint density at radius 1 is 1.53 bits per heavy atom.